The minimum Gasteiger partial charge on any atom is -0.395 e. The Kier molecular flexibility index (Phi) is 7.11. The van der Waals surface area contributed by atoms with Crippen LogP contribution in [-0.4, -0.2) is 70.2 Å². The average Bonchev–Trinajstić information content (AvgIpc) is 3.37. The van der Waals surface area contributed by atoms with Gasteiger partial charge in [0.15, 0.2) is 0 Å². The summed E-state index contributed by atoms with van der Waals surface area (Å²) in [5.41, 5.74) is 1.70. The first-order valence-electron chi connectivity index (χ1n) is 10.3. The zero-order valence-corrected chi connectivity index (χ0v) is 19.7. The number of aryl methyl sites for hydroxylation is 1. The van der Waals surface area contributed by atoms with Gasteiger partial charge in [0, 0.05) is 49.7 Å². The van der Waals surface area contributed by atoms with Gasteiger partial charge in [-0.15, -0.1) is 11.3 Å². The number of hydrogen-bond donors (Lipinski definition) is 2. The molecule has 0 saturated carbocycles. The third-order valence-electron chi connectivity index (χ3n) is 5.22. The molecule has 10 heteroatoms. The first-order chi connectivity index (χ1) is 15.0. The third kappa shape index (κ3) is 5.57. The number of amides is 1. The maximum Gasteiger partial charge on any atom is 0.267 e. The van der Waals surface area contributed by atoms with Crippen LogP contribution in [-0.2, 0) is 6.42 Å². The molecule has 1 fully saturated rings. The number of rotatable bonds is 7. The van der Waals surface area contributed by atoms with Crippen molar-refractivity contribution in [1.82, 2.24) is 25.2 Å². The number of carbonyl (C=O) groups is 1. The van der Waals surface area contributed by atoms with Crippen LogP contribution in [0.5, 0.6) is 0 Å². The predicted octanol–water partition coefficient (Wildman–Crippen LogP) is 2.24. The molecule has 2 N–H and O–H groups in total. The fourth-order valence-electron chi connectivity index (χ4n) is 3.63. The van der Waals surface area contributed by atoms with Gasteiger partial charge in [-0.05, 0) is 19.4 Å². The molecule has 1 amide bonds. The molecule has 0 unspecified atom stereocenters. The Morgan fingerprint density at radius 1 is 1.29 bits per heavy atom. The van der Waals surface area contributed by atoms with Gasteiger partial charge in [0.1, 0.15) is 16.5 Å². The number of thiazole rings is 1. The van der Waals surface area contributed by atoms with E-state index in [1.807, 2.05) is 25.1 Å². The number of anilines is 1. The quantitative estimate of drug-likeness (QED) is 0.596. The normalized spacial score (nSPS) is 16.9. The Labute approximate surface area is 193 Å². The number of carbonyl (C=O) groups excluding carboxylic acids is 1. The lowest BCUT2D eigenvalue weighted by atomic mass is 10.2. The van der Waals surface area contributed by atoms with E-state index >= 15 is 0 Å². The summed E-state index contributed by atoms with van der Waals surface area (Å²) in [5, 5.41) is 12.9. The number of aliphatic hydroxyl groups is 1. The molecule has 2 aliphatic rings. The molecule has 4 rings (SSSR count). The number of β-amino-alcohol motifs (C(OH)–C–C–N with tert-alkyl or cyclic N) is 1. The SMILES string of the molecule is Cc1nc(Cc2ncc(C(=O)NC3=C(Br)CC=C3)s2)cc(N2CCN(CCO)CC2)n1. The van der Waals surface area contributed by atoms with Crippen molar-refractivity contribution in [1.29, 1.82) is 0 Å². The number of aliphatic hydroxyl groups excluding tert-OH is 1. The lowest BCUT2D eigenvalue weighted by Gasteiger charge is -2.35. The molecule has 0 radical (unpaired) electrons. The Balaban J connectivity index is 1.41. The van der Waals surface area contributed by atoms with Gasteiger partial charge in [0.25, 0.3) is 5.91 Å². The van der Waals surface area contributed by atoms with E-state index in [0.29, 0.717) is 17.8 Å². The van der Waals surface area contributed by atoms with Crippen molar-refractivity contribution in [3.8, 4) is 0 Å². The second kappa shape index (κ2) is 9.99. The zero-order chi connectivity index (χ0) is 21.8. The molecule has 8 nitrogen and oxygen atoms in total. The summed E-state index contributed by atoms with van der Waals surface area (Å²) < 4.78 is 0.978. The lowest BCUT2D eigenvalue weighted by molar-refractivity contribution is 0.0971. The Morgan fingerprint density at radius 2 is 2.10 bits per heavy atom. The number of hydrogen-bond acceptors (Lipinski definition) is 8. The molecule has 1 aliphatic heterocycles. The van der Waals surface area contributed by atoms with Crippen molar-refractivity contribution < 1.29 is 9.90 Å². The van der Waals surface area contributed by atoms with E-state index in [0.717, 1.165) is 65.1 Å². The van der Waals surface area contributed by atoms with Crippen LogP contribution in [0.25, 0.3) is 0 Å². The highest BCUT2D eigenvalue weighted by atomic mass is 79.9. The van der Waals surface area contributed by atoms with E-state index in [9.17, 15) is 4.79 Å². The van der Waals surface area contributed by atoms with E-state index in [1.165, 1.54) is 11.3 Å². The topological polar surface area (TPSA) is 94.5 Å². The van der Waals surface area contributed by atoms with E-state index < -0.39 is 0 Å². The van der Waals surface area contributed by atoms with E-state index in [1.54, 1.807) is 6.20 Å². The van der Waals surface area contributed by atoms with E-state index in [-0.39, 0.29) is 12.5 Å². The maximum atomic E-state index is 12.5. The number of nitrogens with zero attached hydrogens (tertiary/aromatic N) is 5. The molecule has 164 valence electrons. The highest BCUT2D eigenvalue weighted by molar-refractivity contribution is 9.11. The van der Waals surface area contributed by atoms with Gasteiger partial charge in [-0.25, -0.2) is 15.0 Å². The van der Waals surface area contributed by atoms with Crippen LogP contribution in [0.1, 0.15) is 32.6 Å². The minimum atomic E-state index is -0.150. The summed E-state index contributed by atoms with van der Waals surface area (Å²) in [5.74, 6) is 1.50. The number of piperazine rings is 1. The summed E-state index contributed by atoms with van der Waals surface area (Å²) in [4.78, 5) is 31.2. The second-order valence-corrected chi connectivity index (χ2v) is 9.56. The van der Waals surface area contributed by atoms with Crippen molar-refractivity contribution in [2.45, 2.75) is 19.8 Å². The van der Waals surface area contributed by atoms with Crippen LogP contribution >= 0.6 is 27.3 Å². The highest BCUT2D eigenvalue weighted by Gasteiger charge is 2.19. The van der Waals surface area contributed by atoms with Gasteiger partial charge in [0.2, 0.25) is 0 Å². The van der Waals surface area contributed by atoms with E-state index in [2.05, 4.69) is 46.0 Å². The molecule has 1 aliphatic carbocycles. The van der Waals surface area contributed by atoms with Crippen LogP contribution < -0.4 is 10.2 Å². The molecular formula is C21H25BrN6O2S. The van der Waals surface area contributed by atoms with Gasteiger partial charge in [-0.1, -0.05) is 22.0 Å². The fraction of sp³-hybridized carbons (Fsp3) is 0.429. The van der Waals surface area contributed by atoms with Crippen LogP contribution in [0.3, 0.4) is 0 Å². The summed E-state index contributed by atoms with van der Waals surface area (Å²) in [7, 11) is 0. The zero-order valence-electron chi connectivity index (χ0n) is 17.3. The summed E-state index contributed by atoms with van der Waals surface area (Å²) in [6, 6.07) is 2.01. The highest BCUT2D eigenvalue weighted by Crippen LogP contribution is 2.24. The van der Waals surface area contributed by atoms with E-state index in [4.69, 9.17) is 5.11 Å². The molecule has 0 bridgehead atoms. The predicted molar refractivity (Wildman–Crippen MR) is 125 cm³/mol. The fourth-order valence-corrected chi connectivity index (χ4v) is 4.88. The van der Waals surface area contributed by atoms with Gasteiger partial charge < -0.3 is 15.3 Å². The Hall–Kier alpha value is -2.14. The molecule has 2 aromatic rings. The van der Waals surface area contributed by atoms with Crippen LogP contribution in [0, 0.1) is 6.92 Å². The van der Waals surface area contributed by atoms with Crippen LogP contribution in [0.2, 0.25) is 0 Å². The Bertz CT molecular complexity index is 1010. The lowest BCUT2D eigenvalue weighted by Crippen LogP contribution is -2.47. The first kappa shape index (κ1) is 22.1. The molecule has 31 heavy (non-hydrogen) atoms. The first-order valence-corrected chi connectivity index (χ1v) is 11.9. The molecule has 1 saturated heterocycles. The number of aromatic nitrogens is 3. The largest absolute Gasteiger partial charge is 0.395 e. The molecular weight excluding hydrogens is 480 g/mol. The number of halogens is 1. The van der Waals surface area contributed by atoms with Gasteiger partial charge in [-0.3, -0.25) is 9.69 Å². The molecule has 3 heterocycles. The maximum absolute atomic E-state index is 12.5. The van der Waals surface area contributed by atoms with Gasteiger partial charge in [-0.2, -0.15) is 0 Å². The molecule has 0 aromatic carbocycles. The summed E-state index contributed by atoms with van der Waals surface area (Å²) in [6.45, 7) is 6.37. The van der Waals surface area contributed by atoms with Crippen molar-refractivity contribution >= 4 is 39.0 Å². The molecule has 0 atom stereocenters. The van der Waals surface area contributed by atoms with Crippen molar-refractivity contribution in [3.05, 3.63) is 56.0 Å². The van der Waals surface area contributed by atoms with Crippen molar-refractivity contribution in [2.24, 2.45) is 0 Å². The molecule has 2 aromatic heterocycles. The smallest absolute Gasteiger partial charge is 0.267 e. The second-order valence-electron chi connectivity index (χ2n) is 7.49. The number of allylic oxidation sites excluding steroid dienone is 3. The minimum absolute atomic E-state index is 0.150. The standard InChI is InChI=1S/C21H25BrN6O2S/c1-14-24-15(11-19(25-14)28-7-5-27(6-8-28)9-10-29)12-20-23-13-18(31-20)21(30)26-17-4-2-3-16(17)22/h2,4,11,13,29H,3,5-10,12H2,1H3,(H,26,30). The van der Waals surface area contributed by atoms with Gasteiger partial charge in [0.05, 0.1) is 29.2 Å². The van der Waals surface area contributed by atoms with Crippen molar-refractivity contribution in [3.63, 3.8) is 0 Å². The number of nitrogens with one attached hydrogen (secondary N) is 1. The van der Waals surface area contributed by atoms with Gasteiger partial charge >= 0.3 is 0 Å². The van der Waals surface area contributed by atoms with Crippen LogP contribution in [0.4, 0.5) is 5.82 Å². The van der Waals surface area contributed by atoms with Crippen molar-refractivity contribution in [2.75, 3.05) is 44.2 Å². The monoisotopic (exact) mass is 504 g/mol. The summed E-state index contributed by atoms with van der Waals surface area (Å²) in [6.07, 6.45) is 6.89. The average molecular weight is 505 g/mol. The van der Waals surface area contributed by atoms with Crippen LogP contribution in [0.15, 0.2) is 34.6 Å². The Morgan fingerprint density at radius 3 is 2.81 bits per heavy atom. The third-order valence-corrected chi connectivity index (χ3v) is 6.97. The molecule has 0 spiro atoms. The summed E-state index contributed by atoms with van der Waals surface area (Å²) >= 11 is 4.85.